The van der Waals surface area contributed by atoms with Gasteiger partial charge >= 0.3 is 0 Å². The van der Waals surface area contributed by atoms with Crippen molar-refractivity contribution in [3.63, 3.8) is 0 Å². The van der Waals surface area contributed by atoms with Gasteiger partial charge in [0.2, 0.25) is 5.88 Å². The first kappa shape index (κ1) is 13.8. The highest BCUT2D eigenvalue weighted by molar-refractivity contribution is 6.05. The number of carbonyl (C=O) groups excluding carboxylic acids is 1. The van der Waals surface area contributed by atoms with Crippen molar-refractivity contribution in [1.82, 2.24) is 9.97 Å². The molecule has 20 heavy (non-hydrogen) atoms. The number of anilines is 2. The van der Waals surface area contributed by atoms with Crippen LogP contribution in [0.5, 0.6) is 5.88 Å². The molecule has 2 aromatic rings. The SMILES string of the molecule is CCOc1ccc(NC(=O)c2cc(N)cnc2C)cn1. The monoisotopic (exact) mass is 272 g/mol. The highest BCUT2D eigenvalue weighted by Crippen LogP contribution is 2.15. The molecule has 2 aromatic heterocycles. The van der Waals surface area contributed by atoms with Crippen LogP contribution in [0.4, 0.5) is 11.4 Å². The van der Waals surface area contributed by atoms with Crippen LogP contribution in [0.3, 0.4) is 0 Å². The Morgan fingerprint density at radius 2 is 2.15 bits per heavy atom. The van der Waals surface area contributed by atoms with Crippen LogP contribution in [0, 0.1) is 6.92 Å². The van der Waals surface area contributed by atoms with Crippen LogP contribution in [0.25, 0.3) is 0 Å². The molecular weight excluding hydrogens is 256 g/mol. The Hall–Kier alpha value is -2.63. The van der Waals surface area contributed by atoms with Gasteiger partial charge in [-0.15, -0.1) is 0 Å². The van der Waals surface area contributed by atoms with Crippen LogP contribution < -0.4 is 15.8 Å². The molecule has 0 spiro atoms. The second kappa shape index (κ2) is 6.01. The Morgan fingerprint density at radius 1 is 1.35 bits per heavy atom. The van der Waals surface area contributed by atoms with E-state index in [0.717, 1.165) is 0 Å². The second-order valence-corrected chi connectivity index (χ2v) is 4.17. The smallest absolute Gasteiger partial charge is 0.257 e. The van der Waals surface area contributed by atoms with E-state index in [-0.39, 0.29) is 5.91 Å². The number of pyridine rings is 2. The molecule has 0 unspecified atom stereocenters. The van der Waals surface area contributed by atoms with Crippen molar-refractivity contribution >= 4 is 17.3 Å². The van der Waals surface area contributed by atoms with Crippen molar-refractivity contribution in [2.24, 2.45) is 0 Å². The van der Waals surface area contributed by atoms with Crippen LogP contribution in [0.2, 0.25) is 0 Å². The normalized spacial score (nSPS) is 10.1. The van der Waals surface area contributed by atoms with Crippen molar-refractivity contribution in [1.29, 1.82) is 0 Å². The molecule has 0 aliphatic carbocycles. The van der Waals surface area contributed by atoms with E-state index in [2.05, 4.69) is 15.3 Å². The second-order valence-electron chi connectivity index (χ2n) is 4.17. The zero-order valence-corrected chi connectivity index (χ0v) is 11.4. The fourth-order valence-corrected chi connectivity index (χ4v) is 1.67. The number of hydrogen-bond acceptors (Lipinski definition) is 5. The van der Waals surface area contributed by atoms with Crippen LogP contribution in [-0.2, 0) is 0 Å². The van der Waals surface area contributed by atoms with Crippen molar-refractivity contribution in [2.45, 2.75) is 13.8 Å². The number of rotatable bonds is 4. The zero-order chi connectivity index (χ0) is 14.5. The summed E-state index contributed by atoms with van der Waals surface area (Å²) < 4.78 is 5.23. The fourth-order valence-electron chi connectivity index (χ4n) is 1.67. The number of aryl methyl sites for hydroxylation is 1. The summed E-state index contributed by atoms with van der Waals surface area (Å²) in [6.45, 7) is 4.19. The summed E-state index contributed by atoms with van der Waals surface area (Å²) in [5, 5.41) is 2.74. The summed E-state index contributed by atoms with van der Waals surface area (Å²) >= 11 is 0. The van der Waals surface area contributed by atoms with E-state index >= 15 is 0 Å². The largest absolute Gasteiger partial charge is 0.478 e. The third-order valence-electron chi connectivity index (χ3n) is 2.64. The minimum atomic E-state index is -0.270. The van der Waals surface area contributed by atoms with Gasteiger partial charge in [0.25, 0.3) is 5.91 Å². The first-order valence-corrected chi connectivity index (χ1v) is 6.22. The lowest BCUT2D eigenvalue weighted by atomic mass is 10.2. The number of ether oxygens (including phenoxy) is 1. The van der Waals surface area contributed by atoms with E-state index in [1.165, 1.54) is 12.4 Å². The number of carbonyl (C=O) groups is 1. The number of aromatic nitrogens is 2. The molecule has 104 valence electrons. The third kappa shape index (κ3) is 3.23. The lowest BCUT2D eigenvalue weighted by Crippen LogP contribution is -2.14. The molecule has 1 amide bonds. The van der Waals surface area contributed by atoms with Gasteiger partial charge in [-0.1, -0.05) is 0 Å². The Morgan fingerprint density at radius 3 is 2.80 bits per heavy atom. The molecule has 3 N–H and O–H groups in total. The van der Waals surface area contributed by atoms with Crippen LogP contribution >= 0.6 is 0 Å². The molecule has 0 aliphatic heterocycles. The van der Waals surface area contributed by atoms with Gasteiger partial charge in [0, 0.05) is 6.07 Å². The van der Waals surface area contributed by atoms with E-state index in [1.807, 2.05) is 6.92 Å². The number of nitrogens with zero attached hydrogens (tertiary/aromatic N) is 2. The predicted octanol–water partition coefficient (Wildman–Crippen LogP) is 2.02. The molecule has 0 fully saturated rings. The average molecular weight is 272 g/mol. The maximum atomic E-state index is 12.1. The summed E-state index contributed by atoms with van der Waals surface area (Å²) in [7, 11) is 0. The van der Waals surface area contributed by atoms with Crippen molar-refractivity contribution in [3.05, 3.63) is 41.9 Å². The number of nitrogen functional groups attached to an aromatic ring is 1. The molecule has 0 bridgehead atoms. The topological polar surface area (TPSA) is 90.1 Å². The minimum Gasteiger partial charge on any atom is -0.478 e. The highest BCUT2D eigenvalue weighted by atomic mass is 16.5. The van der Waals surface area contributed by atoms with E-state index in [0.29, 0.717) is 35.1 Å². The van der Waals surface area contributed by atoms with E-state index in [4.69, 9.17) is 10.5 Å². The van der Waals surface area contributed by atoms with Crippen molar-refractivity contribution < 1.29 is 9.53 Å². The van der Waals surface area contributed by atoms with E-state index < -0.39 is 0 Å². The highest BCUT2D eigenvalue weighted by Gasteiger charge is 2.11. The lowest BCUT2D eigenvalue weighted by molar-refractivity contribution is 0.102. The number of hydrogen-bond donors (Lipinski definition) is 2. The van der Waals surface area contributed by atoms with Crippen molar-refractivity contribution in [2.75, 3.05) is 17.7 Å². The van der Waals surface area contributed by atoms with Gasteiger partial charge < -0.3 is 15.8 Å². The van der Waals surface area contributed by atoms with Gasteiger partial charge in [0.15, 0.2) is 0 Å². The third-order valence-corrected chi connectivity index (χ3v) is 2.64. The van der Waals surface area contributed by atoms with E-state index in [1.54, 1.807) is 25.1 Å². The first-order chi connectivity index (χ1) is 9.60. The Balaban J connectivity index is 2.13. The standard InChI is InChI=1S/C14H16N4O2/c1-3-20-13-5-4-11(8-17-13)18-14(19)12-6-10(15)7-16-9(12)2/h4-8H,3,15H2,1-2H3,(H,18,19). The molecule has 0 saturated carbocycles. The molecule has 0 aliphatic rings. The summed E-state index contributed by atoms with van der Waals surface area (Å²) in [5.74, 6) is 0.251. The maximum absolute atomic E-state index is 12.1. The molecule has 0 radical (unpaired) electrons. The molecule has 2 heterocycles. The van der Waals surface area contributed by atoms with Crippen LogP contribution in [0.15, 0.2) is 30.6 Å². The van der Waals surface area contributed by atoms with E-state index in [9.17, 15) is 4.79 Å². The summed E-state index contributed by atoms with van der Waals surface area (Å²) in [6.07, 6.45) is 3.06. The maximum Gasteiger partial charge on any atom is 0.257 e. The van der Waals surface area contributed by atoms with Gasteiger partial charge in [-0.3, -0.25) is 9.78 Å². The van der Waals surface area contributed by atoms with Crippen LogP contribution in [-0.4, -0.2) is 22.5 Å². The minimum absolute atomic E-state index is 0.270. The molecular formula is C14H16N4O2. The average Bonchev–Trinajstić information content (AvgIpc) is 2.44. The van der Waals surface area contributed by atoms with Crippen molar-refractivity contribution in [3.8, 4) is 5.88 Å². The molecule has 2 rings (SSSR count). The Bertz CT molecular complexity index is 611. The Labute approximate surface area is 117 Å². The molecule has 6 nitrogen and oxygen atoms in total. The van der Waals surface area contributed by atoms with Gasteiger partial charge in [0.05, 0.1) is 41.6 Å². The van der Waals surface area contributed by atoms with Gasteiger partial charge in [-0.25, -0.2) is 4.98 Å². The van der Waals surface area contributed by atoms with Gasteiger partial charge in [-0.05, 0) is 26.0 Å². The lowest BCUT2D eigenvalue weighted by Gasteiger charge is -2.08. The summed E-state index contributed by atoms with van der Waals surface area (Å²) in [4.78, 5) is 20.3. The number of nitrogens with one attached hydrogen (secondary N) is 1. The predicted molar refractivity (Wildman–Crippen MR) is 76.7 cm³/mol. The molecule has 6 heteroatoms. The van der Waals surface area contributed by atoms with Gasteiger partial charge in [-0.2, -0.15) is 0 Å². The Kier molecular flexibility index (Phi) is 4.14. The number of amides is 1. The number of nitrogens with two attached hydrogens (primary N) is 1. The quantitative estimate of drug-likeness (QED) is 0.888. The molecule has 0 saturated heterocycles. The zero-order valence-electron chi connectivity index (χ0n) is 11.4. The summed E-state index contributed by atoms with van der Waals surface area (Å²) in [6, 6.07) is 5.02. The fraction of sp³-hybridized carbons (Fsp3) is 0.214. The summed E-state index contributed by atoms with van der Waals surface area (Å²) in [5.41, 5.74) is 7.74. The molecule has 0 aromatic carbocycles. The van der Waals surface area contributed by atoms with Gasteiger partial charge in [0.1, 0.15) is 0 Å². The first-order valence-electron chi connectivity index (χ1n) is 6.22. The van der Waals surface area contributed by atoms with Crippen LogP contribution in [0.1, 0.15) is 23.0 Å². The molecule has 0 atom stereocenters.